The summed E-state index contributed by atoms with van der Waals surface area (Å²) in [4.78, 5) is 24.1. The second-order valence-corrected chi connectivity index (χ2v) is 8.91. The third kappa shape index (κ3) is 5.95. The van der Waals surface area contributed by atoms with Crippen molar-refractivity contribution in [2.45, 2.75) is 4.90 Å². The third-order valence-corrected chi connectivity index (χ3v) is 6.63. The average Bonchev–Trinajstić information content (AvgIpc) is 2.87. The van der Waals surface area contributed by atoms with Crippen molar-refractivity contribution >= 4 is 33.8 Å². The Labute approximate surface area is 202 Å². The molecule has 0 aliphatic heterocycles. The zero-order valence-corrected chi connectivity index (χ0v) is 19.7. The van der Waals surface area contributed by atoms with Crippen LogP contribution in [0.2, 0.25) is 0 Å². The molecular weight excluding hydrogens is 474 g/mol. The molecule has 0 fully saturated rings. The van der Waals surface area contributed by atoms with Gasteiger partial charge in [0.05, 0.1) is 36.6 Å². The fraction of sp³-hybridized carbons (Fsp3) is 0.125. The van der Waals surface area contributed by atoms with Gasteiger partial charge in [-0.25, -0.2) is 18.6 Å². The number of sulfonamides is 1. The van der Waals surface area contributed by atoms with Crippen LogP contribution < -0.4 is 19.2 Å². The first kappa shape index (κ1) is 25.2. The number of anilines is 1. The molecule has 0 spiro atoms. The largest absolute Gasteiger partial charge is 0.497 e. The van der Waals surface area contributed by atoms with Gasteiger partial charge in [-0.1, -0.05) is 36.4 Å². The number of nitrogens with zero attached hydrogens (tertiary/aromatic N) is 2. The number of benzene rings is 3. The number of nitrogens with one attached hydrogen (secondary N) is 1. The second-order valence-electron chi connectivity index (χ2n) is 7.05. The summed E-state index contributed by atoms with van der Waals surface area (Å²) in [5.74, 6) is -1.35. The molecule has 3 aromatic carbocycles. The van der Waals surface area contributed by atoms with Gasteiger partial charge in [-0.2, -0.15) is 5.10 Å². The van der Waals surface area contributed by atoms with Gasteiger partial charge in [-0.3, -0.25) is 9.10 Å². The van der Waals surface area contributed by atoms with Crippen molar-refractivity contribution in [3.63, 3.8) is 0 Å². The van der Waals surface area contributed by atoms with Crippen LogP contribution in [-0.4, -0.2) is 52.4 Å². The Morgan fingerprint density at radius 1 is 1.00 bits per heavy atom. The Bertz CT molecular complexity index is 1340. The Balaban J connectivity index is 1.94. The summed E-state index contributed by atoms with van der Waals surface area (Å²) < 4.78 is 38.4. The van der Waals surface area contributed by atoms with Crippen molar-refractivity contribution < 1.29 is 32.6 Å². The van der Waals surface area contributed by atoms with Crippen LogP contribution in [0.3, 0.4) is 0 Å². The molecule has 0 saturated heterocycles. The fourth-order valence-electron chi connectivity index (χ4n) is 3.15. The highest BCUT2D eigenvalue weighted by atomic mass is 32.2. The molecule has 0 radical (unpaired) electrons. The van der Waals surface area contributed by atoms with Crippen LogP contribution in [0.25, 0.3) is 0 Å². The maximum atomic E-state index is 13.5. The number of hydrogen-bond acceptors (Lipinski definition) is 7. The predicted octanol–water partition coefficient (Wildman–Crippen LogP) is 2.75. The molecule has 3 aromatic rings. The van der Waals surface area contributed by atoms with E-state index in [0.29, 0.717) is 5.75 Å². The molecule has 182 valence electrons. The van der Waals surface area contributed by atoms with Crippen LogP contribution in [0.4, 0.5) is 5.69 Å². The lowest BCUT2D eigenvalue weighted by molar-refractivity contribution is -0.119. The van der Waals surface area contributed by atoms with E-state index in [9.17, 15) is 23.1 Å². The normalized spacial score (nSPS) is 11.1. The van der Waals surface area contributed by atoms with Crippen LogP contribution in [-0.2, 0) is 14.8 Å². The van der Waals surface area contributed by atoms with E-state index >= 15 is 0 Å². The van der Waals surface area contributed by atoms with Crippen molar-refractivity contribution in [3.05, 3.63) is 83.9 Å². The lowest BCUT2D eigenvalue weighted by Crippen LogP contribution is -2.39. The van der Waals surface area contributed by atoms with Crippen molar-refractivity contribution in [2.75, 3.05) is 25.1 Å². The highest BCUT2D eigenvalue weighted by Crippen LogP contribution is 2.35. The monoisotopic (exact) mass is 497 g/mol. The number of carboxylic acids is 1. The first-order valence-corrected chi connectivity index (χ1v) is 11.7. The van der Waals surface area contributed by atoms with Crippen molar-refractivity contribution in [3.8, 4) is 11.5 Å². The Hall–Kier alpha value is -4.38. The standard InChI is InChI=1S/C24H23N3O7S/c1-33-18-12-13-22(34-2)21(14-18)27(35(31,32)19-9-4-3-5-10-19)16-23(28)26-25-15-17-8-6-7-11-20(17)24(29)30/h3-15H,16H2,1-2H3,(H,26,28)(H,29,30)/b25-15-. The van der Waals surface area contributed by atoms with Crippen molar-refractivity contribution in [2.24, 2.45) is 5.10 Å². The summed E-state index contributed by atoms with van der Waals surface area (Å²) in [5.41, 5.74) is 2.60. The van der Waals surface area contributed by atoms with Gasteiger partial charge in [0, 0.05) is 11.6 Å². The molecular formula is C24H23N3O7S. The number of amides is 1. The zero-order chi connectivity index (χ0) is 25.4. The number of hydrogen-bond donors (Lipinski definition) is 2. The molecule has 3 rings (SSSR count). The van der Waals surface area contributed by atoms with Crippen LogP contribution in [0.5, 0.6) is 11.5 Å². The van der Waals surface area contributed by atoms with E-state index in [0.717, 1.165) is 4.31 Å². The number of ether oxygens (including phenoxy) is 2. The molecule has 35 heavy (non-hydrogen) atoms. The van der Waals surface area contributed by atoms with E-state index in [1.807, 2.05) is 0 Å². The number of aromatic carboxylic acids is 1. The van der Waals surface area contributed by atoms with Crippen LogP contribution in [0.15, 0.2) is 82.8 Å². The number of hydrazone groups is 1. The highest BCUT2D eigenvalue weighted by Gasteiger charge is 2.29. The van der Waals surface area contributed by atoms with Gasteiger partial charge < -0.3 is 14.6 Å². The summed E-state index contributed by atoms with van der Waals surface area (Å²) in [6.07, 6.45) is 1.17. The highest BCUT2D eigenvalue weighted by molar-refractivity contribution is 7.92. The van der Waals surface area contributed by atoms with Crippen LogP contribution >= 0.6 is 0 Å². The minimum Gasteiger partial charge on any atom is -0.497 e. The van der Waals surface area contributed by atoms with Crippen LogP contribution in [0, 0.1) is 0 Å². The third-order valence-electron chi connectivity index (χ3n) is 4.86. The average molecular weight is 498 g/mol. The number of carboxylic acid groups (broad SMARTS) is 1. The summed E-state index contributed by atoms with van der Waals surface area (Å²) in [7, 11) is -1.39. The molecule has 0 bridgehead atoms. The molecule has 0 aliphatic carbocycles. The zero-order valence-electron chi connectivity index (χ0n) is 18.9. The van der Waals surface area contributed by atoms with E-state index in [1.165, 1.54) is 56.8 Å². The predicted molar refractivity (Wildman–Crippen MR) is 130 cm³/mol. The van der Waals surface area contributed by atoms with E-state index in [2.05, 4.69) is 10.5 Å². The topological polar surface area (TPSA) is 135 Å². The van der Waals surface area contributed by atoms with Crippen molar-refractivity contribution in [1.29, 1.82) is 0 Å². The summed E-state index contributed by atoms with van der Waals surface area (Å²) >= 11 is 0. The van der Waals surface area contributed by atoms with E-state index in [4.69, 9.17) is 9.47 Å². The number of rotatable bonds is 10. The molecule has 0 aromatic heterocycles. The molecule has 2 N–H and O–H groups in total. The van der Waals surface area contributed by atoms with Gasteiger partial charge >= 0.3 is 5.97 Å². The molecule has 10 nitrogen and oxygen atoms in total. The van der Waals surface area contributed by atoms with Gasteiger partial charge in [-0.05, 0) is 30.3 Å². The van der Waals surface area contributed by atoms with Crippen molar-refractivity contribution in [1.82, 2.24) is 5.43 Å². The fourth-order valence-corrected chi connectivity index (χ4v) is 4.60. The molecule has 1 amide bonds. The first-order valence-electron chi connectivity index (χ1n) is 10.2. The smallest absolute Gasteiger partial charge is 0.336 e. The van der Waals surface area contributed by atoms with E-state index in [-0.39, 0.29) is 27.5 Å². The lowest BCUT2D eigenvalue weighted by Gasteiger charge is -2.25. The maximum Gasteiger partial charge on any atom is 0.336 e. The molecule has 0 unspecified atom stereocenters. The van der Waals surface area contributed by atoms with E-state index < -0.39 is 28.4 Å². The minimum atomic E-state index is -4.19. The molecule has 0 saturated carbocycles. The molecule has 0 heterocycles. The van der Waals surface area contributed by atoms with Gasteiger partial charge in [0.1, 0.15) is 18.0 Å². The van der Waals surface area contributed by atoms with Crippen LogP contribution in [0.1, 0.15) is 15.9 Å². The summed E-state index contributed by atoms with van der Waals surface area (Å²) in [6.45, 7) is -0.640. The number of carbonyl (C=O) groups excluding carboxylic acids is 1. The molecule has 0 atom stereocenters. The SMILES string of the molecule is COc1ccc(OC)c(N(CC(=O)N/N=C\c2ccccc2C(=O)O)S(=O)(=O)c2ccccc2)c1. The Morgan fingerprint density at radius 2 is 1.69 bits per heavy atom. The van der Waals surface area contributed by atoms with Gasteiger partial charge in [0.15, 0.2) is 0 Å². The second kappa shape index (κ2) is 11.2. The Kier molecular flexibility index (Phi) is 8.05. The van der Waals surface area contributed by atoms with Gasteiger partial charge in [0.25, 0.3) is 15.9 Å². The number of methoxy groups -OCH3 is 2. The maximum absolute atomic E-state index is 13.5. The lowest BCUT2D eigenvalue weighted by atomic mass is 10.1. The Morgan fingerprint density at radius 3 is 2.34 bits per heavy atom. The van der Waals surface area contributed by atoms with Gasteiger partial charge in [0.2, 0.25) is 0 Å². The summed E-state index contributed by atoms with van der Waals surface area (Å²) in [5, 5.41) is 13.1. The first-order chi connectivity index (χ1) is 16.8. The molecule has 0 aliphatic rings. The van der Waals surface area contributed by atoms with E-state index in [1.54, 1.807) is 36.4 Å². The minimum absolute atomic E-state index is 0.0000946. The van der Waals surface area contributed by atoms with Gasteiger partial charge in [-0.15, -0.1) is 0 Å². The quantitative estimate of drug-likeness (QED) is 0.325. The molecule has 11 heteroatoms. The summed E-state index contributed by atoms with van der Waals surface area (Å²) in [6, 6.07) is 18.3. The number of carbonyl (C=O) groups is 2.